The van der Waals surface area contributed by atoms with Crippen molar-refractivity contribution in [3.05, 3.63) is 0 Å². The van der Waals surface area contributed by atoms with E-state index in [-0.39, 0.29) is 10.9 Å². The predicted molar refractivity (Wildman–Crippen MR) is 53.2 cm³/mol. The molecular formula is C4H10OS4. The summed E-state index contributed by atoms with van der Waals surface area (Å²) in [7, 11) is 2.79. The molecule has 0 N–H and O–H groups in total. The first-order valence-corrected chi connectivity index (χ1v) is 6.33. The van der Waals surface area contributed by atoms with Gasteiger partial charge in [0.05, 0.1) is 0 Å². The molecule has 0 aromatic heterocycles. The summed E-state index contributed by atoms with van der Waals surface area (Å²) >= 11 is 7.97. The molecular weight excluding hydrogens is 192 g/mol. The second-order valence-corrected chi connectivity index (χ2v) is 4.50. The fourth-order valence-corrected chi connectivity index (χ4v) is 1.12. The number of hydrogen-bond acceptors (Lipinski definition) is 5. The SMILES string of the molecule is CC(OC(C)SS)SS. The number of ether oxygens (including phenoxy) is 1. The Morgan fingerprint density at radius 1 is 1.11 bits per heavy atom. The Kier molecular flexibility index (Phi) is 7.02. The van der Waals surface area contributed by atoms with Gasteiger partial charge in [-0.1, -0.05) is 21.6 Å². The highest BCUT2D eigenvalue weighted by Crippen LogP contribution is 2.23. The van der Waals surface area contributed by atoms with Gasteiger partial charge in [0.25, 0.3) is 0 Å². The average molecular weight is 202 g/mol. The second-order valence-electron chi connectivity index (χ2n) is 1.48. The molecule has 0 spiro atoms. The van der Waals surface area contributed by atoms with Gasteiger partial charge >= 0.3 is 0 Å². The first-order valence-electron chi connectivity index (χ1n) is 2.46. The molecule has 0 saturated heterocycles. The largest absolute Gasteiger partial charge is 0.353 e. The van der Waals surface area contributed by atoms with Crippen molar-refractivity contribution in [2.24, 2.45) is 0 Å². The van der Waals surface area contributed by atoms with E-state index in [0.29, 0.717) is 0 Å². The van der Waals surface area contributed by atoms with Crippen LogP contribution in [0.1, 0.15) is 13.8 Å². The Bertz CT molecular complexity index is 61.6. The minimum atomic E-state index is 0.142. The van der Waals surface area contributed by atoms with Gasteiger partial charge in [-0.15, -0.1) is 23.3 Å². The Labute approximate surface area is 74.3 Å². The number of hydrogen-bond donors (Lipinski definition) is 2. The van der Waals surface area contributed by atoms with Gasteiger partial charge in [0.2, 0.25) is 0 Å². The molecule has 2 unspecified atom stereocenters. The van der Waals surface area contributed by atoms with Gasteiger partial charge in [-0.25, -0.2) is 0 Å². The molecule has 0 aliphatic heterocycles. The van der Waals surface area contributed by atoms with E-state index in [4.69, 9.17) is 4.74 Å². The molecule has 0 fully saturated rings. The van der Waals surface area contributed by atoms with E-state index in [1.165, 1.54) is 21.6 Å². The summed E-state index contributed by atoms with van der Waals surface area (Å²) in [5.41, 5.74) is 0.283. The molecule has 0 aliphatic rings. The van der Waals surface area contributed by atoms with Gasteiger partial charge in [0, 0.05) is 0 Å². The van der Waals surface area contributed by atoms with Gasteiger partial charge in [-0.2, -0.15) is 0 Å². The van der Waals surface area contributed by atoms with Crippen LogP contribution in [-0.4, -0.2) is 10.9 Å². The van der Waals surface area contributed by atoms with Crippen molar-refractivity contribution in [1.29, 1.82) is 0 Å². The van der Waals surface area contributed by atoms with Crippen LogP contribution in [0.15, 0.2) is 0 Å². The number of thiol groups is 2. The summed E-state index contributed by atoms with van der Waals surface area (Å²) in [6.45, 7) is 3.91. The lowest BCUT2D eigenvalue weighted by molar-refractivity contribution is 0.116. The van der Waals surface area contributed by atoms with Crippen LogP contribution in [0.5, 0.6) is 0 Å². The molecule has 0 amide bonds. The first kappa shape index (κ1) is 10.4. The predicted octanol–water partition coefficient (Wildman–Crippen LogP) is 2.85. The van der Waals surface area contributed by atoms with Crippen molar-refractivity contribution in [3.8, 4) is 0 Å². The zero-order valence-corrected chi connectivity index (χ0v) is 8.70. The minimum Gasteiger partial charge on any atom is -0.353 e. The zero-order valence-electron chi connectivity index (χ0n) is 5.27. The molecule has 56 valence electrons. The second kappa shape index (κ2) is 6.09. The van der Waals surface area contributed by atoms with E-state index in [1.54, 1.807) is 0 Å². The molecule has 5 heteroatoms. The molecule has 0 radical (unpaired) electrons. The van der Waals surface area contributed by atoms with Crippen molar-refractivity contribution in [2.75, 3.05) is 0 Å². The third kappa shape index (κ3) is 5.79. The van der Waals surface area contributed by atoms with Crippen LogP contribution >= 0.6 is 44.9 Å². The molecule has 1 nitrogen and oxygen atoms in total. The zero-order chi connectivity index (χ0) is 7.28. The number of rotatable bonds is 4. The molecule has 0 saturated carbocycles. The molecule has 0 rings (SSSR count). The van der Waals surface area contributed by atoms with E-state index in [2.05, 4.69) is 23.3 Å². The van der Waals surface area contributed by atoms with Gasteiger partial charge in [-0.3, -0.25) is 0 Å². The van der Waals surface area contributed by atoms with Crippen molar-refractivity contribution >= 4 is 44.9 Å². The fourth-order valence-electron chi connectivity index (χ4n) is 0.320. The highest BCUT2D eigenvalue weighted by atomic mass is 33.1. The topological polar surface area (TPSA) is 9.23 Å². The molecule has 0 bridgehead atoms. The lowest BCUT2D eigenvalue weighted by Crippen LogP contribution is -2.07. The van der Waals surface area contributed by atoms with Crippen LogP contribution in [0.25, 0.3) is 0 Å². The van der Waals surface area contributed by atoms with Crippen molar-refractivity contribution < 1.29 is 4.74 Å². The van der Waals surface area contributed by atoms with Crippen LogP contribution < -0.4 is 0 Å². The fraction of sp³-hybridized carbons (Fsp3) is 1.00. The first-order chi connectivity index (χ1) is 4.20. The van der Waals surface area contributed by atoms with E-state index in [9.17, 15) is 0 Å². The Balaban J connectivity index is 3.22. The third-order valence-corrected chi connectivity index (χ3v) is 3.28. The third-order valence-electron chi connectivity index (χ3n) is 0.680. The van der Waals surface area contributed by atoms with Gasteiger partial charge in [0.1, 0.15) is 10.9 Å². The smallest absolute Gasteiger partial charge is 0.111 e. The molecule has 0 aromatic rings. The van der Waals surface area contributed by atoms with Crippen LogP contribution in [0, 0.1) is 0 Å². The summed E-state index contributed by atoms with van der Waals surface area (Å²) in [6, 6.07) is 0. The van der Waals surface area contributed by atoms with E-state index >= 15 is 0 Å². The van der Waals surface area contributed by atoms with Crippen LogP contribution in [0.2, 0.25) is 0 Å². The minimum absolute atomic E-state index is 0.142. The maximum Gasteiger partial charge on any atom is 0.111 e. The summed E-state index contributed by atoms with van der Waals surface area (Å²) in [5, 5.41) is 0. The summed E-state index contributed by atoms with van der Waals surface area (Å²) in [4.78, 5) is 0. The maximum absolute atomic E-state index is 5.32. The summed E-state index contributed by atoms with van der Waals surface area (Å²) in [6.07, 6.45) is 0. The van der Waals surface area contributed by atoms with E-state index < -0.39 is 0 Å². The Morgan fingerprint density at radius 3 is 1.67 bits per heavy atom. The van der Waals surface area contributed by atoms with Crippen LogP contribution in [0.4, 0.5) is 0 Å². The Hall–Kier alpha value is 1.36. The van der Waals surface area contributed by atoms with Crippen molar-refractivity contribution in [3.63, 3.8) is 0 Å². The van der Waals surface area contributed by atoms with Crippen molar-refractivity contribution in [2.45, 2.75) is 24.7 Å². The normalized spacial score (nSPS) is 17.3. The van der Waals surface area contributed by atoms with Crippen molar-refractivity contribution in [1.82, 2.24) is 0 Å². The van der Waals surface area contributed by atoms with E-state index in [1.807, 2.05) is 13.8 Å². The van der Waals surface area contributed by atoms with Gasteiger partial charge in [-0.05, 0) is 13.8 Å². The Morgan fingerprint density at radius 2 is 1.44 bits per heavy atom. The summed E-state index contributed by atoms with van der Waals surface area (Å²) < 4.78 is 5.32. The highest BCUT2D eigenvalue weighted by Gasteiger charge is 2.04. The average Bonchev–Trinajstić information content (AvgIpc) is 1.87. The highest BCUT2D eigenvalue weighted by molar-refractivity contribution is 8.69. The molecule has 0 aliphatic carbocycles. The molecule has 0 heterocycles. The quantitative estimate of drug-likeness (QED) is 0.412. The monoisotopic (exact) mass is 202 g/mol. The standard InChI is InChI=1S/C4H10OS4/c1-3(8-6)5-4(2)9-7/h3-4,6-7H,1-2H3. The molecule has 0 aromatic carbocycles. The molecule has 9 heavy (non-hydrogen) atoms. The van der Waals surface area contributed by atoms with Crippen LogP contribution in [0.3, 0.4) is 0 Å². The van der Waals surface area contributed by atoms with Gasteiger partial charge in [0.15, 0.2) is 0 Å². The lowest BCUT2D eigenvalue weighted by atomic mass is 10.8. The molecule has 2 atom stereocenters. The lowest BCUT2D eigenvalue weighted by Gasteiger charge is -2.13. The van der Waals surface area contributed by atoms with Crippen LogP contribution in [-0.2, 0) is 4.74 Å². The van der Waals surface area contributed by atoms with E-state index in [0.717, 1.165) is 0 Å². The summed E-state index contributed by atoms with van der Waals surface area (Å²) in [5.74, 6) is 0. The van der Waals surface area contributed by atoms with Gasteiger partial charge < -0.3 is 4.74 Å². The maximum atomic E-state index is 5.32.